The summed E-state index contributed by atoms with van der Waals surface area (Å²) in [5, 5.41) is 3.14. The number of ether oxygens (including phenoxy) is 1. The number of methoxy groups -OCH3 is 1. The second-order valence-electron chi connectivity index (χ2n) is 5.73. The Balaban J connectivity index is 1.71. The van der Waals surface area contributed by atoms with Crippen molar-refractivity contribution in [2.45, 2.75) is 11.4 Å². The zero-order valence-corrected chi connectivity index (χ0v) is 16.4. The van der Waals surface area contributed by atoms with Gasteiger partial charge in [-0.1, -0.05) is 11.6 Å². The van der Waals surface area contributed by atoms with Crippen molar-refractivity contribution in [1.82, 2.24) is 4.72 Å². The maximum absolute atomic E-state index is 12.4. The van der Waals surface area contributed by atoms with E-state index in [1.54, 1.807) is 30.3 Å². The zero-order chi connectivity index (χ0) is 20.1. The van der Waals surface area contributed by atoms with Crippen molar-refractivity contribution < 1.29 is 22.4 Å². The van der Waals surface area contributed by atoms with Crippen LogP contribution in [0.1, 0.15) is 16.1 Å². The summed E-state index contributed by atoms with van der Waals surface area (Å²) < 4.78 is 37.4. The van der Waals surface area contributed by atoms with Crippen LogP contribution in [-0.4, -0.2) is 21.4 Å². The van der Waals surface area contributed by atoms with Crippen LogP contribution in [0.4, 0.5) is 5.69 Å². The van der Waals surface area contributed by atoms with Crippen molar-refractivity contribution in [3.05, 3.63) is 77.2 Å². The first kappa shape index (κ1) is 19.9. The molecule has 2 aromatic carbocycles. The quantitative estimate of drug-likeness (QED) is 0.607. The molecule has 0 aliphatic carbocycles. The molecule has 146 valence electrons. The van der Waals surface area contributed by atoms with Crippen LogP contribution in [0.3, 0.4) is 0 Å². The molecule has 0 unspecified atom stereocenters. The second-order valence-corrected chi connectivity index (χ2v) is 7.93. The first-order valence-corrected chi connectivity index (χ1v) is 10.0. The molecule has 0 bridgehead atoms. The highest BCUT2D eigenvalue weighted by atomic mass is 35.5. The summed E-state index contributed by atoms with van der Waals surface area (Å²) in [7, 11) is -2.25. The van der Waals surface area contributed by atoms with Gasteiger partial charge in [0.15, 0.2) is 0 Å². The van der Waals surface area contributed by atoms with Crippen molar-refractivity contribution >= 4 is 33.2 Å². The molecule has 9 heteroatoms. The molecule has 0 saturated carbocycles. The van der Waals surface area contributed by atoms with Gasteiger partial charge in [0.1, 0.15) is 11.5 Å². The molecule has 2 N–H and O–H groups in total. The van der Waals surface area contributed by atoms with Gasteiger partial charge in [0.25, 0.3) is 5.91 Å². The highest BCUT2D eigenvalue weighted by Gasteiger charge is 2.16. The van der Waals surface area contributed by atoms with Gasteiger partial charge in [-0.2, -0.15) is 0 Å². The fourth-order valence-corrected chi connectivity index (χ4v) is 3.59. The average Bonchev–Trinajstić information content (AvgIpc) is 3.20. The van der Waals surface area contributed by atoms with Crippen molar-refractivity contribution in [1.29, 1.82) is 0 Å². The summed E-state index contributed by atoms with van der Waals surface area (Å²) in [4.78, 5) is 12.5. The lowest BCUT2D eigenvalue weighted by Gasteiger charge is -2.11. The average molecular weight is 421 g/mol. The number of halogens is 1. The fourth-order valence-electron chi connectivity index (χ4n) is 2.42. The van der Waals surface area contributed by atoms with E-state index in [2.05, 4.69) is 10.0 Å². The number of furan rings is 1. The van der Waals surface area contributed by atoms with Crippen LogP contribution in [0.5, 0.6) is 5.75 Å². The molecule has 7 nitrogen and oxygen atoms in total. The molecule has 28 heavy (non-hydrogen) atoms. The van der Waals surface area contributed by atoms with Crippen molar-refractivity contribution in [2.75, 3.05) is 12.4 Å². The molecule has 0 radical (unpaired) electrons. The molecular formula is C19H17ClN2O5S. The van der Waals surface area contributed by atoms with E-state index >= 15 is 0 Å². The van der Waals surface area contributed by atoms with E-state index in [4.69, 9.17) is 20.8 Å². The minimum absolute atomic E-state index is 0.0339. The number of rotatable bonds is 7. The topological polar surface area (TPSA) is 97.6 Å². The monoisotopic (exact) mass is 420 g/mol. The number of anilines is 1. The third kappa shape index (κ3) is 4.72. The molecule has 1 heterocycles. The summed E-state index contributed by atoms with van der Waals surface area (Å²) in [6.07, 6.45) is 1.46. The Morgan fingerprint density at radius 2 is 1.89 bits per heavy atom. The van der Waals surface area contributed by atoms with Crippen LogP contribution >= 0.6 is 11.6 Å². The summed E-state index contributed by atoms with van der Waals surface area (Å²) in [5.74, 6) is 0.530. The Bertz CT molecular complexity index is 1060. The van der Waals surface area contributed by atoms with Gasteiger partial charge in [-0.05, 0) is 54.6 Å². The van der Waals surface area contributed by atoms with E-state index in [1.165, 1.54) is 37.6 Å². The van der Waals surface area contributed by atoms with Gasteiger partial charge in [0.05, 0.1) is 30.5 Å². The molecule has 3 aromatic rings. The van der Waals surface area contributed by atoms with Gasteiger partial charge >= 0.3 is 0 Å². The van der Waals surface area contributed by atoms with E-state index in [9.17, 15) is 13.2 Å². The highest BCUT2D eigenvalue weighted by Crippen LogP contribution is 2.28. The predicted molar refractivity (Wildman–Crippen MR) is 105 cm³/mol. The SMILES string of the molecule is COc1ccc(Cl)cc1NC(=O)c1ccc(S(=O)(=O)NCc2ccco2)cc1. The molecular weight excluding hydrogens is 404 g/mol. The lowest BCUT2D eigenvalue weighted by Crippen LogP contribution is -2.23. The molecule has 0 saturated heterocycles. The summed E-state index contributed by atoms with van der Waals surface area (Å²) >= 11 is 5.95. The van der Waals surface area contributed by atoms with Crippen LogP contribution < -0.4 is 14.8 Å². The van der Waals surface area contributed by atoms with Crippen molar-refractivity contribution in [3.63, 3.8) is 0 Å². The number of benzene rings is 2. The smallest absolute Gasteiger partial charge is 0.255 e. The third-order valence-corrected chi connectivity index (χ3v) is 5.51. The lowest BCUT2D eigenvalue weighted by molar-refractivity contribution is 0.102. The first-order valence-electron chi connectivity index (χ1n) is 8.16. The lowest BCUT2D eigenvalue weighted by atomic mass is 10.2. The Kier molecular flexibility index (Phi) is 6.03. The van der Waals surface area contributed by atoms with Gasteiger partial charge in [-0.15, -0.1) is 0 Å². The third-order valence-electron chi connectivity index (χ3n) is 3.85. The Morgan fingerprint density at radius 1 is 1.14 bits per heavy atom. The summed E-state index contributed by atoms with van der Waals surface area (Å²) in [5.41, 5.74) is 0.698. The number of sulfonamides is 1. The van der Waals surface area contributed by atoms with Crippen molar-refractivity contribution in [3.8, 4) is 5.75 Å². The van der Waals surface area contributed by atoms with E-state index in [0.717, 1.165) is 0 Å². The molecule has 0 fully saturated rings. The van der Waals surface area contributed by atoms with Crippen molar-refractivity contribution in [2.24, 2.45) is 0 Å². The molecule has 0 aliphatic rings. The molecule has 1 amide bonds. The van der Waals surface area contributed by atoms with Crippen LogP contribution in [-0.2, 0) is 16.6 Å². The molecule has 3 rings (SSSR count). The Hall–Kier alpha value is -2.81. The minimum Gasteiger partial charge on any atom is -0.495 e. The number of hydrogen-bond donors (Lipinski definition) is 2. The number of amides is 1. The van der Waals surface area contributed by atoms with E-state index in [-0.39, 0.29) is 17.0 Å². The number of hydrogen-bond acceptors (Lipinski definition) is 5. The summed E-state index contributed by atoms with van der Waals surface area (Å²) in [6.45, 7) is 0.0339. The molecule has 0 aliphatic heterocycles. The highest BCUT2D eigenvalue weighted by molar-refractivity contribution is 7.89. The fraction of sp³-hybridized carbons (Fsp3) is 0.105. The van der Waals surface area contributed by atoms with Gasteiger partial charge < -0.3 is 14.5 Å². The largest absolute Gasteiger partial charge is 0.495 e. The Morgan fingerprint density at radius 3 is 2.54 bits per heavy atom. The van der Waals surface area contributed by atoms with Gasteiger partial charge in [0.2, 0.25) is 10.0 Å². The number of carbonyl (C=O) groups is 1. The van der Waals surface area contributed by atoms with Gasteiger partial charge in [0, 0.05) is 10.6 Å². The number of carbonyl (C=O) groups excluding carboxylic acids is 1. The molecule has 0 spiro atoms. The zero-order valence-electron chi connectivity index (χ0n) is 14.8. The Labute approximate surface area is 167 Å². The maximum atomic E-state index is 12.4. The predicted octanol–water partition coefficient (Wildman–Crippen LogP) is 3.67. The van der Waals surface area contributed by atoms with Gasteiger partial charge in [-0.3, -0.25) is 4.79 Å². The van der Waals surface area contributed by atoms with E-state index in [0.29, 0.717) is 22.2 Å². The van der Waals surface area contributed by atoms with Crippen LogP contribution in [0.25, 0.3) is 0 Å². The van der Waals surface area contributed by atoms with Gasteiger partial charge in [-0.25, -0.2) is 13.1 Å². The van der Waals surface area contributed by atoms with Crippen LogP contribution in [0.15, 0.2) is 70.2 Å². The minimum atomic E-state index is -3.73. The molecule has 0 atom stereocenters. The van der Waals surface area contributed by atoms with Crippen LogP contribution in [0.2, 0.25) is 5.02 Å². The maximum Gasteiger partial charge on any atom is 0.255 e. The first-order chi connectivity index (χ1) is 13.4. The van der Waals surface area contributed by atoms with E-state index in [1.807, 2.05) is 0 Å². The standard InChI is InChI=1S/C19H17ClN2O5S/c1-26-18-9-6-14(20)11-17(18)22-19(23)13-4-7-16(8-5-13)28(24,25)21-12-15-3-2-10-27-15/h2-11,21H,12H2,1H3,(H,22,23). The normalized spacial score (nSPS) is 11.2. The second kappa shape index (κ2) is 8.47. The van der Waals surface area contributed by atoms with E-state index < -0.39 is 15.9 Å². The number of nitrogens with one attached hydrogen (secondary N) is 2. The summed E-state index contributed by atoms with van der Waals surface area (Å²) in [6, 6.07) is 13.7. The van der Waals surface area contributed by atoms with Crippen LogP contribution in [0, 0.1) is 0 Å². The molecule has 1 aromatic heterocycles.